The average molecular weight is 265 g/mol. The molecule has 1 aromatic rings. The van der Waals surface area contributed by atoms with E-state index in [0.717, 1.165) is 31.4 Å². The molecule has 1 aliphatic rings. The molecule has 0 amide bonds. The van der Waals surface area contributed by atoms with Gasteiger partial charge in [-0.25, -0.2) is 4.39 Å². The summed E-state index contributed by atoms with van der Waals surface area (Å²) in [7, 11) is 0. The van der Waals surface area contributed by atoms with E-state index in [1.54, 1.807) is 6.07 Å². The summed E-state index contributed by atoms with van der Waals surface area (Å²) in [6.07, 6.45) is 5.21. The normalized spacial score (nSPS) is 26.7. The first-order valence-corrected chi connectivity index (χ1v) is 7.09. The molecular weight excluding hydrogens is 241 g/mol. The average Bonchev–Trinajstić information content (AvgIpc) is 2.49. The van der Waals surface area contributed by atoms with Crippen molar-refractivity contribution in [3.63, 3.8) is 0 Å². The molecule has 0 radical (unpaired) electrons. The second-order valence-corrected chi connectivity index (χ2v) is 6.59. The molecule has 106 valence electrons. The summed E-state index contributed by atoms with van der Waals surface area (Å²) in [5.41, 5.74) is 0.788. The van der Waals surface area contributed by atoms with Crippen molar-refractivity contribution in [1.29, 1.82) is 0 Å². The van der Waals surface area contributed by atoms with E-state index >= 15 is 0 Å². The first-order chi connectivity index (χ1) is 8.95. The summed E-state index contributed by atoms with van der Waals surface area (Å²) >= 11 is 0. The number of anilines is 1. The van der Waals surface area contributed by atoms with Crippen LogP contribution in [0.1, 0.15) is 46.0 Å². The zero-order valence-electron chi connectivity index (χ0n) is 11.9. The van der Waals surface area contributed by atoms with Crippen LogP contribution in [0, 0.1) is 11.2 Å². The van der Waals surface area contributed by atoms with Crippen LogP contribution < -0.4 is 5.32 Å². The Morgan fingerprint density at radius 3 is 2.68 bits per heavy atom. The van der Waals surface area contributed by atoms with Gasteiger partial charge in [0.05, 0.1) is 12.1 Å². The summed E-state index contributed by atoms with van der Waals surface area (Å²) in [5.74, 6) is -0.243. The molecule has 0 aliphatic heterocycles. The van der Waals surface area contributed by atoms with Gasteiger partial charge in [-0.1, -0.05) is 26.3 Å². The van der Waals surface area contributed by atoms with Crippen molar-refractivity contribution in [3.8, 4) is 0 Å². The van der Waals surface area contributed by atoms with Crippen molar-refractivity contribution < 1.29 is 9.50 Å². The Morgan fingerprint density at radius 2 is 2.00 bits per heavy atom. The van der Waals surface area contributed by atoms with Gasteiger partial charge in [0.15, 0.2) is 0 Å². The van der Waals surface area contributed by atoms with Crippen molar-refractivity contribution in [1.82, 2.24) is 0 Å². The summed E-state index contributed by atoms with van der Waals surface area (Å²) in [4.78, 5) is 0. The fourth-order valence-electron chi connectivity index (χ4n) is 2.93. The molecule has 1 atom stereocenters. The molecular formula is C16H24FNO. The van der Waals surface area contributed by atoms with E-state index in [0.29, 0.717) is 5.41 Å². The van der Waals surface area contributed by atoms with Crippen molar-refractivity contribution in [3.05, 3.63) is 30.1 Å². The van der Waals surface area contributed by atoms with Crippen LogP contribution in [0.2, 0.25) is 0 Å². The zero-order valence-corrected chi connectivity index (χ0v) is 11.9. The number of rotatable bonds is 3. The SMILES string of the molecule is CC1(C)CCCC(CO)(Nc2cccc(F)c2)CC1. The Morgan fingerprint density at radius 1 is 1.21 bits per heavy atom. The lowest BCUT2D eigenvalue weighted by molar-refractivity contribution is 0.191. The minimum atomic E-state index is -0.304. The van der Waals surface area contributed by atoms with Crippen LogP contribution in [-0.4, -0.2) is 17.3 Å². The maximum absolute atomic E-state index is 13.3. The molecule has 1 aromatic carbocycles. The van der Waals surface area contributed by atoms with Gasteiger partial charge >= 0.3 is 0 Å². The second kappa shape index (κ2) is 5.49. The predicted octanol–water partition coefficient (Wildman–Crippen LogP) is 3.96. The van der Waals surface area contributed by atoms with Gasteiger partial charge in [0.1, 0.15) is 5.82 Å². The Kier molecular flexibility index (Phi) is 4.14. The van der Waals surface area contributed by atoms with Gasteiger partial charge in [0, 0.05) is 5.69 Å². The first-order valence-electron chi connectivity index (χ1n) is 7.09. The van der Waals surface area contributed by atoms with E-state index in [1.165, 1.54) is 18.6 Å². The third-order valence-corrected chi connectivity index (χ3v) is 4.33. The molecule has 0 spiro atoms. The van der Waals surface area contributed by atoms with Crippen molar-refractivity contribution in [2.75, 3.05) is 11.9 Å². The lowest BCUT2D eigenvalue weighted by Gasteiger charge is -2.34. The maximum Gasteiger partial charge on any atom is 0.125 e. The van der Waals surface area contributed by atoms with Crippen LogP contribution in [0.15, 0.2) is 24.3 Å². The largest absolute Gasteiger partial charge is 0.394 e. The molecule has 1 unspecified atom stereocenters. The fraction of sp³-hybridized carbons (Fsp3) is 0.625. The van der Waals surface area contributed by atoms with E-state index in [1.807, 2.05) is 6.07 Å². The first kappa shape index (κ1) is 14.3. The Labute approximate surface area is 115 Å². The van der Waals surface area contributed by atoms with Crippen LogP contribution in [0.4, 0.5) is 10.1 Å². The summed E-state index contributed by atoms with van der Waals surface area (Å²) in [6, 6.07) is 6.49. The highest BCUT2D eigenvalue weighted by atomic mass is 19.1. The maximum atomic E-state index is 13.3. The van der Waals surface area contributed by atoms with Crippen LogP contribution in [-0.2, 0) is 0 Å². The molecule has 3 heteroatoms. The van der Waals surface area contributed by atoms with E-state index in [2.05, 4.69) is 19.2 Å². The molecule has 2 N–H and O–H groups in total. The number of aliphatic hydroxyl groups excluding tert-OH is 1. The van der Waals surface area contributed by atoms with Crippen LogP contribution in [0.25, 0.3) is 0 Å². The number of hydrogen-bond acceptors (Lipinski definition) is 2. The van der Waals surface area contributed by atoms with E-state index in [9.17, 15) is 9.50 Å². The molecule has 1 aliphatic carbocycles. The summed E-state index contributed by atoms with van der Waals surface area (Å²) < 4.78 is 13.3. The number of benzene rings is 1. The van der Waals surface area contributed by atoms with Gasteiger partial charge in [-0.15, -0.1) is 0 Å². The number of halogens is 1. The van der Waals surface area contributed by atoms with Crippen LogP contribution >= 0.6 is 0 Å². The Bertz CT molecular complexity index is 433. The Hall–Kier alpha value is -1.09. The van der Waals surface area contributed by atoms with Crippen molar-refractivity contribution in [2.45, 2.75) is 51.5 Å². The lowest BCUT2D eigenvalue weighted by atomic mass is 9.83. The highest BCUT2D eigenvalue weighted by Gasteiger charge is 2.35. The highest BCUT2D eigenvalue weighted by Crippen LogP contribution is 2.39. The minimum Gasteiger partial charge on any atom is -0.394 e. The van der Waals surface area contributed by atoms with Gasteiger partial charge in [-0.2, -0.15) is 0 Å². The molecule has 1 fully saturated rings. The standard InChI is InChI=1S/C16H24FNO/c1-15(2)7-4-8-16(12-19,10-9-15)18-14-6-3-5-13(17)11-14/h3,5-6,11,18-19H,4,7-10,12H2,1-2H3. The van der Waals surface area contributed by atoms with E-state index in [-0.39, 0.29) is 18.0 Å². The van der Waals surface area contributed by atoms with Gasteiger partial charge in [-0.3, -0.25) is 0 Å². The topological polar surface area (TPSA) is 32.3 Å². The monoisotopic (exact) mass is 265 g/mol. The van der Waals surface area contributed by atoms with Gasteiger partial charge < -0.3 is 10.4 Å². The molecule has 0 heterocycles. The van der Waals surface area contributed by atoms with Crippen molar-refractivity contribution in [2.24, 2.45) is 5.41 Å². The number of hydrogen-bond donors (Lipinski definition) is 2. The van der Waals surface area contributed by atoms with Gasteiger partial charge in [0.2, 0.25) is 0 Å². The number of aliphatic hydroxyl groups is 1. The molecule has 19 heavy (non-hydrogen) atoms. The molecule has 0 aromatic heterocycles. The summed E-state index contributed by atoms with van der Waals surface area (Å²) in [6.45, 7) is 4.66. The molecule has 2 rings (SSSR count). The van der Waals surface area contributed by atoms with Crippen LogP contribution in [0.3, 0.4) is 0 Å². The second-order valence-electron chi connectivity index (χ2n) is 6.59. The molecule has 0 saturated heterocycles. The predicted molar refractivity (Wildman–Crippen MR) is 76.7 cm³/mol. The highest BCUT2D eigenvalue weighted by molar-refractivity contribution is 5.45. The third kappa shape index (κ3) is 3.69. The molecule has 0 bridgehead atoms. The van der Waals surface area contributed by atoms with Crippen molar-refractivity contribution >= 4 is 5.69 Å². The van der Waals surface area contributed by atoms with Gasteiger partial charge in [-0.05, 0) is 49.3 Å². The Balaban J connectivity index is 2.14. The van der Waals surface area contributed by atoms with E-state index < -0.39 is 0 Å². The third-order valence-electron chi connectivity index (χ3n) is 4.33. The minimum absolute atomic E-state index is 0.0968. The smallest absolute Gasteiger partial charge is 0.125 e. The summed E-state index contributed by atoms with van der Waals surface area (Å²) in [5, 5.41) is 13.2. The van der Waals surface area contributed by atoms with E-state index in [4.69, 9.17) is 0 Å². The lowest BCUT2D eigenvalue weighted by Crippen LogP contribution is -2.41. The van der Waals surface area contributed by atoms with Crippen LogP contribution in [0.5, 0.6) is 0 Å². The van der Waals surface area contributed by atoms with Gasteiger partial charge in [0.25, 0.3) is 0 Å². The quantitative estimate of drug-likeness (QED) is 0.811. The number of nitrogens with one attached hydrogen (secondary N) is 1. The molecule has 2 nitrogen and oxygen atoms in total. The fourth-order valence-corrected chi connectivity index (χ4v) is 2.93. The zero-order chi connectivity index (χ0) is 13.9. The molecule has 1 saturated carbocycles.